The van der Waals surface area contributed by atoms with Crippen LogP contribution in [0.1, 0.15) is 33.1 Å². The summed E-state index contributed by atoms with van der Waals surface area (Å²) in [6.07, 6.45) is 4.90. The quantitative estimate of drug-likeness (QED) is 0.629. The van der Waals surface area contributed by atoms with Gasteiger partial charge in [-0.3, -0.25) is 4.79 Å². The van der Waals surface area contributed by atoms with Crippen LogP contribution in [0.4, 0.5) is 0 Å². The number of halogens is 1. The molecule has 0 saturated heterocycles. The summed E-state index contributed by atoms with van der Waals surface area (Å²) < 4.78 is 0. The van der Waals surface area contributed by atoms with Gasteiger partial charge in [0.05, 0.1) is 0 Å². The monoisotopic (exact) mass is 268 g/mol. The van der Waals surface area contributed by atoms with Gasteiger partial charge in [-0.2, -0.15) is 11.8 Å². The van der Waals surface area contributed by atoms with Crippen LogP contribution in [0.25, 0.3) is 0 Å². The van der Waals surface area contributed by atoms with Gasteiger partial charge < -0.3 is 10.6 Å². The van der Waals surface area contributed by atoms with E-state index >= 15 is 0 Å². The maximum Gasteiger partial charge on any atom is 0.220 e. The first kappa shape index (κ1) is 18.4. The number of hydrogen-bond acceptors (Lipinski definition) is 3. The molecule has 0 unspecified atom stereocenters. The lowest BCUT2D eigenvalue weighted by molar-refractivity contribution is -0.121. The zero-order chi connectivity index (χ0) is 11.5. The number of rotatable bonds is 9. The minimum absolute atomic E-state index is 0. The van der Waals surface area contributed by atoms with Gasteiger partial charge in [-0.1, -0.05) is 6.92 Å². The molecular weight excluding hydrogens is 244 g/mol. The lowest BCUT2D eigenvalue weighted by Gasteiger charge is -2.12. The molecule has 0 bridgehead atoms. The summed E-state index contributed by atoms with van der Waals surface area (Å²) in [5, 5.41) is 6.20. The molecule has 0 heterocycles. The number of thioether (sulfide) groups is 1. The van der Waals surface area contributed by atoms with Gasteiger partial charge in [0.15, 0.2) is 0 Å². The molecule has 1 amide bonds. The Labute approximate surface area is 110 Å². The Hall–Kier alpha value is 0.0700. The highest BCUT2D eigenvalue weighted by Crippen LogP contribution is 2.01. The smallest absolute Gasteiger partial charge is 0.220 e. The Morgan fingerprint density at radius 3 is 2.62 bits per heavy atom. The van der Waals surface area contributed by atoms with Crippen molar-refractivity contribution in [3.63, 3.8) is 0 Å². The number of carbonyl (C=O) groups excluding carboxylic acids is 1. The van der Waals surface area contributed by atoms with Gasteiger partial charge in [0, 0.05) is 19.0 Å². The van der Waals surface area contributed by atoms with Crippen molar-refractivity contribution in [2.24, 2.45) is 0 Å². The third-order valence-corrected chi connectivity index (χ3v) is 2.86. The number of amides is 1. The Kier molecular flexibility index (Phi) is 15.1. The molecule has 0 aliphatic rings. The second-order valence-electron chi connectivity index (χ2n) is 3.71. The first-order chi connectivity index (χ1) is 7.20. The topological polar surface area (TPSA) is 41.1 Å². The molecule has 98 valence electrons. The van der Waals surface area contributed by atoms with Crippen molar-refractivity contribution in [3.05, 3.63) is 0 Å². The molecule has 2 N–H and O–H groups in total. The summed E-state index contributed by atoms with van der Waals surface area (Å²) in [5.41, 5.74) is 0. The molecule has 0 aromatic heterocycles. The van der Waals surface area contributed by atoms with Crippen LogP contribution in [-0.2, 0) is 4.79 Å². The molecule has 1 atom stereocenters. The number of nitrogens with one attached hydrogen (secondary N) is 2. The van der Waals surface area contributed by atoms with Crippen LogP contribution >= 0.6 is 24.2 Å². The number of unbranched alkanes of at least 4 members (excludes halogenated alkanes) is 1. The summed E-state index contributed by atoms with van der Waals surface area (Å²) in [4.78, 5) is 11.4. The first-order valence-electron chi connectivity index (χ1n) is 5.69. The van der Waals surface area contributed by atoms with Crippen molar-refractivity contribution in [2.75, 3.05) is 25.1 Å². The Bertz CT molecular complexity index is 170. The van der Waals surface area contributed by atoms with E-state index in [9.17, 15) is 4.79 Å². The molecular formula is C11H25ClN2OS. The lowest BCUT2D eigenvalue weighted by atomic mass is 10.2. The van der Waals surface area contributed by atoms with Crippen LogP contribution in [0.3, 0.4) is 0 Å². The molecule has 5 heteroatoms. The van der Waals surface area contributed by atoms with Crippen molar-refractivity contribution in [1.82, 2.24) is 10.6 Å². The molecule has 0 fully saturated rings. The maximum absolute atomic E-state index is 11.4. The van der Waals surface area contributed by atoms with Crippen molar-refractivity contribution >= 4 is 30.1 Å². The van der Waals surface area contributed by atoms with E-state index in [2.05, 4.69) is 30.7 Å². The van der Waals surface area contributed by atoms with Gasteiger partial charge in [-0.05, 0) is 38.3 Å². The normalized spacial score (nSPS) is 11.7. The van der Waals surface area contributed by atoms with Crippen LogP contribution in [0.5, 0.6) is 0 Å². The van der Waals surface area contributed by atoms with E-state index in [1.165, 1.54) is 0 Å². The average Bonchev–Trinajstić information content (AvgIpc) is 2.22. The standard InChI is InChI=1S/C11H24N2OS.ClH/c1-4-12-10(2)9-13-11(14)7-5-6-8-15-3;/h10,12H,4-9H2,1-3H3,(H,13,14);1H/t10-;/m1./s1. The van der Waals surface area contributed by atoms with Crippen molar-refractivity contribution in [1.29, 1.82) is 0 Å². The third kappa shape index (κ3) is 12.1. The van der Waals surface area contributed by atoms with E-state index in [1.54, 1.807) is 0 Å². The predicted octanol–water partition coefficient (Wildman–Crippen LogP) is 2.06. The second-order valence-corrected chi connectivity index (χ2v) is 4.70. The van der Waals surface area contributed by atoms with Crippen LogP contribution < -0.4 is 10.6 Å². The maximum atomic E-state index is 11.4. The molecule has 0 spiro atoms. The van der Waals surface area contributed by atoms with E-state index < -0.39 is 0 Å². The second kappa shape index (κ2) is 13.1. The summed E-state index contributed by atoms with van der Waals surface area (Å²) >= 11 is 1.84. The van der Waals surface area contributed by atoms with Crippen LogP contribution in [-0.4, -0.2) is 37.0 Å². The molecule has 0 aliphatic carbocycles. The largest absolute Gasteiger partial charge is 0.355 e. The number of hydrogen-bond donors (Lipinski definition) is 2. The van der Waals surface area contributed by atoms with Gasteiger partial charge in [-0.25, -0.2) is 0 Å². The average molecular weight is 269 g/mol. The highest BCUT2D eigenvalue weighted by molar-refractivity contribution is 7.98. The van der Waals surface area contributed by atoms with E-state index in [0.717, 1.165) is 31.7 Å². The van der Waals surface area contributed by atoms with Crippen molar-refractivity contribution in [2.45, 2.75) is 39.2 Å². The minimum Gasteiger partial charge on any atom is -0.355 e. The number of likely N-dealkylation sites (N-methyl/N-ethyl adjacent to an activating group) is 1. The summed E-state index contributed by atoms with van der Waals surface area (Å²) in [6.45, 7) is 5.83. The van der Waals surface area contributed by atoms with E-state index in [4.69, 9.17) is 0 Å². The predicted molar refractivity (Wildman–Crippen MR) is 75.6 cm³/mol. The van der Waals surface area contributed by atoms with Gasteiger partial charge in [0.2, 0.25) is 5.91 Å². The van der Waals surface area contributed by atoms with Crippen molar-refractivity contribution < 1.29 is 4.79 Å². The summed E-state index contributed by atoms with van der Waals surface area (Å²) in [5.74, 6) is 1.34. The number of carbonyl (C=O) groups is 1. The highest BCUT2D eigenvalue weighted by Gasteiger charge is 2.03. The third-order valence-electron chi connectivity index (χ3n) is 2.16. The summed E-state index contributed by atoms with van der Waals surface area (Å²) in [7, 11) is 0. The molecule has 0 saturated carbocycles. The van der Waals surface area contributed by atoms with Crippen LogP contribution in [0.15, 0.2) is 0 Å². The van der Waals surface area contributed by atoms with Gasteiger partial charge in [0.25, 0.3) is 0 Å². The zero-order valence-corrected chi connectivity index (χ0v) is 12.2. The SMILES string of the molecule is CCN[C@H](C)CNC(=O)CCCCSC.Cl. The Morgan fingerprint density at radius 2 is 2.06 bits per heavy atom. The van der Waals surface area contributed by atoms with E-state index in [1.807, 2.05) is 11.8 Å². The first-order valence-corrected chi connectivity index (χ1v) is 7.09. The zero-order valence-electron chi connectivity index (χ0n) is 10.5. The minimum atomic E-state index is 0. The Morgan fingerprint density at radius 1 is 1.38 bits per heavy atom. The van der Waals surface area contributed by atoms with Crippen LogP contribution in [0, 0.1) is 0 Å². The molecule has 0 aliphatic heterocycles. The van der Waals surface area contributed by atoms with Gasteiger partial charge >= 0.3 is 0 Å². The molecule has 16 heavy (non-hydrogen) atoms. The fourth-order valence-corrected chi connectivity index (χ4v) is 1.80. The summed E-state index contributed by atoms with van der Waals surface area (Å²) in [6, 6.07) is 0.366. The fourth-order valence-electron chi connectivity index (χ4n) is 1.31. The fraction of sp³-hybridized carbons (Fsp3) is 0.909. The molecule has 0 aromatic carbocycles. The van der Waals surface area contributed by atoms with Gasteiger partial charge in [0.1, 0.15) is 0 Å². The molecule has 3 nitrogen and oxygen atoms in total. The van der Waals surface area contributed by atoms with Crippen molar-refractivity contribution in [3.8, 4) is 0 Å². The molecule has 0 rings (SSSR count). The Balaban J connectivity index is 0. The molecule has 0 aromatic rings. The van der Waals surface area contributed by atoms with E-state index in [0.29, 0.717) is 12.5 Å². The van der Waals surface area contributed by atoms with Gasteiger partial charge in [-0.15, -0.1) is 12.4 Å². The molecule has 0 radical (unpaired) electrons. The van der Waals surface area contributed by atoms with E-state index in [-0.39, 0.29) is 18.3 Å². The lowest BCUT2D eigenvalue weighted by Crippen LogP contribution is -2.38. The van der Waals surface area contributed by atoms with Crippen LogP contribution in [0.2, 0.25) is 0 Å². The highest BCUT2D eigenvalue weighted by atomic mass is 35.5.